The lowest BCUT2D eigenvalue weighted by molar-refractivity contribution is 0.956. The second-order valence-electron chi connectivity index (χ2n) is 5.94. The minimum Gasteiger partial charge on any atom is -0.344 e. The van der Waals surface area contributed by atoms with Crippen molar-refractivity contribution in [1.29, 1.82) is 0 Å². The normalized spacial score (nSPS) is 15.3. The van der Waals surface area contributed by atoms with Crippen molar-refractivity contribution < 1.29 is 0 Å². The van der Waals surface area contributed by atoms with E-state index in [-0.39, 0.29) is 0 Å². The molecule has 0 amide bonds. The van der Waals surface area contributed by atoms with E-state index in [1.807, 2.05) is 0 Å². The van der Waals surface area contributed by atoms with Crippen LogP contribution >= 0.6 is 0 Å². The van der Waals surface area contributed by atoms with Gasteiger partial charge in [-0.3, -0.25) is 0 Å². The average Bonchev–Trinajstić information content (AvgIpc) is 2.89. The number of hydrogen-bond donors (Lipinski definition) is 0. The second kappa shape index (κ2) is 5.03. The Labute approximate surface area is 131 Å². The molecule has 1 unspecified atom stereocenters. The van der Waals surface area contributed by atoms with E-state index in [1.165, 1.54) is 33.6 Å². The Morgan fingerprint density at radius 2 is 1.41 bits per heavy atom. The molecule has 1 aliphatic carbocycles. The van der Waals surface area contributed by atoms with E-state index in [0.29, 0.717) is 5.92 Å². The Balaban J connectivity index is 1.92. The van der Waals surface area contributed by atoms with Gasteiger partial charge in [0.15, 0.2) is 0 Å². The molecule has 0 saturated heterocycles. The Kier molecular flexibility index (Phi) is 3.00. The highest BCUT2D eigenvalue weighted by Crippen LogP contribution is 2.49. The van der Waals surface area contributed by atoms with Gasteiger partial charge in [-0.05, 0) is 34.9 Å². The third kappa shape index (κ3) is 1.86. The maximum absolute atomic E-state index is 2.30. The van der Waals surface area contributed by atoms with E-state index in [2.05, 4.69) is 91.7 Å². The highest BCUT2D eigenvalue weighted by molar-refractivity contribution is 5.90. The predicted octanol–water partition coefficient (Wildman–Crippen LogP) is 5.59. The first kappa shape index (κ1) is 13.1. The molecule has 4 rings (SSSR count). The Morgan fingerprint density at radius 3 is 2.23 bits per heavy atom. The lowest BCUT2D eigenvalue weighted by Gasteiger charge is -2.23. The van der Waals surface area contributed by atoms with Crippen LogP contribution in [0.15, 0.2) is 72.8 Å². The van der Waals surface area contributed by atoms with Gasteiger partial charge in [0, 0.05) is 29.9 Å². The fourth-order valence-corrected chi connectivity index (χ4v) is 3.55. The van der Waals surface area contributed by atoms with Crippen molar-refractivity contribution in [2.24, 2.45) is 0 Å². The van der Waals surface area contributed by atoms with Crippen molar-refractivity contribution in [2.75, 3.05) is 11.9 Å². The number of para-hydroxylation sites is 1. The Bertz CT molecular complexity index is 820. The average molecular weight is 285 g/mol. The highest BCUT2D eigenvalue weighted by Gasteiger charge is 2.28. The van der Waals surface area contributed by atoms with Crippen LogP contribution in [0, 0.1) is 0 Å². The van der Waals surface area contributed by atoms with E-state index >= 15 is 0 Å². The van der Waals surface area contributed by atoms with Crippen LogP contribution in [0.5, 0.6) is 0 Å². The van der Waals surface area contributed by atoms with Crippen LogP contribution in [0.2, 0.25) is 0 Å². The summed E-state index contributed by atoms with van der Waals surface area (Å²) < 4.78 is 0. The highest BCUT2D eigenvalue weighted by atomic mass is 15.1. The quantitative estimate of drug-likeness (QED) is 0.593. The molecule has 0 aliphatic heterocycles. The maximum Gasteiger partial charge on any atom is 0.0490 e. The van der Waals surface area contributed by atoms with Crippen molar-refractivity contribution in [3.05, 3.63) is 83.9 Å². The minimum atomic E-state index is 0.468. The third-order valence-corrected chi connectivity index (χ3v) is 4.74. The van der Waals surface area contributed by atoms with Crippen molar-refractivity contribution in [2.45, 2.75) is 12.8 Å². The van der Waals surface area contributed by atoms with Gasteiger partial charge in [0.1, 0.15) is 0 Å². The largest absolute Gasteiger partial charge is 0.344 e. The lowest BCUT2D eigenvalue weighted by atomic mass is 9.99. The summed E-state index contributed by atoms with van der Waals surface area (Å²) in [6.45, 7) is 2.30. The lowest BCUT2D eigenvalue weighted by Crippen LogP contribution is -2.10. The van der Waals surface area contributed by atoms with Crippen LogP contribution in [-0.2, 0) is 0 Å². The molecule has 0 fully saturated rings. The summed E-state index contributed by atoms with van der Waals surface area (Å²) >= 11 is 0. The van der Waals surface area contributed by atoms with Gasteiger partial charge in [-0.2, -0.15) is 0 Å². The smallest absolute Gasteiger partial charge is 0.0490 e. The van der Waals surface area contributed by atoms with Gasteiger partial charge in [0.2, 0.25) is 0 Å². The molecule has 1 nitrogen and oxygen atoms in total. The monoisotopic (exact) mass is 285 g/mol. The summed E-state index contributed by atoms with van der Waals surface area (Å²) in [4.78, 5) is 2.29. The van der Waals surface area contributed by atoms with Gasteiger partial charge in [-0.15, -0.1) is 0 Å². The van der Waals surface area contributed by atoms with E-state index in [1.54, 1.807) is 0 Å². The standard InChI is InChI=1S/C21H19N/c1-15-17-11-6-7-12-19(17)21-18(15)13-8-14-20(21)22(2)16-9-4-3-5-10-16/h3-15H,1-2H3. The number of nitrogens with zero attached hydrogens (tertiary/aromatic N) is 1. The van der Waals surface area contributed by atoms with Crippen LogP contribution < -0.4 is 4.90 Å². The van der Waals surface area contributed by atoms with Gasteiger partial charge in [-0.1, -0.05) is 61.5 Å². The third-order valence-electron chi connectivity index (χ3n) is 4.74. The van der Waals surface area contributed by atoms with Crippen molar-refractivity contribution >= 4 is 11.4 Å². The molecule has 0 aromatic heterocycles. The van der Waals surface area contributed by atoms with E-state index in [9.17, 15) is 0 Å². The number of rotatable bonds is 2. The molecule has 0 N–H and O–H groups in total. The molecule has 3 aromatic carbocycles. The zero-order valence-corrected chi connectivity index (χ0v) is 13.0. The van der Waals surface area contributed by atoms with Gasteiger partial charge in [-0.25, -0.2) is 0 Å². The summed E-state index contributed by atoms with van der Waals surface area (Å²) in [5.41, 5.74) is 8.13. The molecule has 108 valence electrons. The summed E-state index contributed by atoms with van der Waals surface area (Å²) in [5.74, 6) is 0.468. The molecule has 3 aromatic rings. The fourth-order valence-electron chi connectivity index (χ4n) is 3.55. The molecule has 0 spiro atoms. The molecule has 0 radical (unpaired) electrons. The first-order valence-electron chi connectivity index (χ1n) is 7.78. The Morgan fingerprint density at radius 1 is 0.727 bits per heavy atom. The van der Waals surface area contributed by atoms with E-state index < -0.39 is 0 Å². The predicted molar refractivity (Wildman–Crippen MR) is 93.9 cm³/mol. The SMILES string of the molecule is CC1c2ccccc2-c2c1cccc2N(C)c1ccccc1. The molecular formula is C21H19N. The zero-order chi connectivity index (χ0) is 15.1. The fraction of sp³-hybridized carbons (Fsp3) is 0.143. The molecule has 1 atom stereocenters. The van der Waals surface area contributed by atoms with Crippen molar-refractivity contribution in [3.63, 3.8) is 0 Å². The number of benzene rings is 3. The molecule has 0 bridgehead atoms. The zero-order valence-electron chi connectivity index (χ0n) is 13.0. The maximum atomic E-state index is 2.30. The summed E-state index contributed by atoms with van der Waals surface area (Å²) in [6, 6.07) is 26.0. The molecular weight excluding hydrogens is 266 g/mol. The van der Waals surface area contributed by atoms with Gasteiger partial charge in [0.25, 0.3) is 0 Å². The van der Waals surface area contributed by atoms with Gasteiger partial charge < -0.3 is 4.90 Å². The van der Waals surface area contributed by atoms with Crippen LogP contribution in [-0.4, -0.2) is 7.05 Å². The molecule has 0 heterocycles. The van der Waals surface area contributed by atoms with Crippen LogP contribution in [0.1, 0.15) is 24.0 Å². The Hall–Kier alpha value is -2.54. The topological polar surface area (TPSA) is 3.24 Å². The molecule has 1 heteroatoms. The first-order chi connectivity index (χ1) is 10.8. The summed E-state index contributed by atoms with van der Waals surface area (Å²) in [5, 5.41) is 0. The van der Waals surface area contributed by atoms with Gasteiger partial charge in [0.05, 0.1) is 0 Å². The minimum absolute atomic E-state index is 0.468. The number of hydrogen-bond acceptors (Lipinski definition) is 1. The van der Waals surface area contributed by atoms with Gasteiger partial charge >= 0.3 is 0 Å². The molecule has 1 aliphatic rings. The number of fused-ring (bicyclic) bond motifs is 3. The van der Waals surface area contributed by atoms with Crippen molar-refractivity contribution in [3.8, 4) is 11.1 Å². The molecule has 0 saturated carbocycles. The van der Waals surface area contributed by atoms with Crippen LogP contribution in [0.3, 0.4) is 0 Å². The molecule has 22 heavy (non-hydrogen) atoms. The van der Waals surface area contributed by atoms with Crippen molar-refractivity contribution in [1.82, 2.24) is 0 Å². The summed E-state index contributed by atoms with van der Waals surface area (Å²) in [7, 11) is 2.15. The van der Waals surface area contributed by atoms with Crippen LogP contribution in [0.4, 0.5) is 11.4 Å². The second-order valence-corrected chi connectivity index (χ2v) is 5.94. The number of anilines is 2. The van der Waals surface area contributed by atoms with E-state index in [4.69, 9.17) is 0 Å². The summed E-state index contributed by atoms with van der Waals surface area (Å²) in [6.07, 6.45) is 0. The van der Waals surface area contributed by atoms with E-state index in [0.717, 1.165) is 0 Å². The van der Waals surface area contributed by atoms with Crippen LogP contribution in [0.25, 0.3) is 11.1 Å². The first-order valence-corrected chi connectivity index (χ1v) is 7.78.